The molecule has 0 aliphatic rings. The zero-order chi connectivity index (χ0) is 19.3. The number of imidazole rings is 1. The average Bonchev–Trinajstić information content (AvgIpc) is 3.00. The van der Waals surface area contributed by atoms with E-state index in [1.54, 1.807) is 32.2 Å². The largest absolute Gasteiger partial charge is 0.459 e. The van der Waals surface area contributed by atoms with Gasteiger partial charge >= 0.3 is 12.0 Å². The number of hydrogen-bond acceptors (Lipinski definition) is 4. The number of carbonyl (C=O) groups is 2. The second-order valence-electron chi connectivity index (χ2n) is 6.16. The number of ether oxygens (including phenoxy) is 1. The Bertz CT molecular complexity index is 788. The first kappa shape index (κ1) is 19.8. The molecule has 1 atom stereocenters. The lowest BCUT2D eigenvalue weighted by molar-refractivity contribution is 0.0378. The number of nitrogens with one attached hydrogen (secondary N) is 3. The molecule has 2 rings (SSSR count). The Morgan fingerprint density at radius 1 is 1.35 bits per heavy atom. The summed E-state index contributed by atoms with van der Waals surface area (Å²) in [5, 5.41) is 5.83. The summed E-state index contributed by atoms with van der Waals surface area (Å²) in [4.78, 5) is 31.7. The van der Waals surface area contributed by atoms with E-state index >= 15 is 0 Å². The predicted octanol–water partition coefficient (Wildman–Crippen LogP) is 4.21. The number of halogens is 1. The fourth-order valence-corrected chi connectivity index (χ4v) is 2.49. The summed E-state index contributed by atoms with van der Waals surface area (Å²) < 4.78 is 5.16. The van der Waals surface area contributed by atoms with E-state index < -0.39 is 12.0 Å². The van der Waals surface area contributed by atoms with Crippen LogP contribution in [0.4, 0.5) is 10.5 Å². The van der Waals surface area contributed by atoms with E-state index in [0.29, 0.717) is 28.5 Å². The molecular weight excluding hydrogens is 356 g/mol. The fourth-order valence-electron chi connectivity index (χ4n) is 2.32. The number of aromatic nitrogens is 2. The van der Waals surface area contributed by atoms with Gasteiger partial charge in [-0.3, -0.25) is 0 Å². The van der Waals surface area contributed by atoms with Crippen molar-refractivity contribution in [1.29, 1.82) is 0 Å². The van der Waals surface area contributed by atoms with Gasteiger partial charge in [0.2, 0.25) is 0 Å². The van der Waals surface area contributed by atoms with Gasteiger partial charge in [-0.05, 0) is 45.4 Å². The highest BCUT2D eigenvalue weighted by Crippen LogP contribution is 2.24. The molecule has 26 heavy (non-hydrogen) atoms. The molecule has 1 unspecified atom stereocenters. The van der Waals surface area contributed by atoms with E-state index in [2.05, 4.69) is 20.6 Å². The van der Waals surface area contributed by atoms with Gasteiger partial charge in [0.1, 0.15) is 5.82 Å². The molecular formula is C18H23ClN4O3. The summed E-state index contributed by atoms with van der Waals surface area (Å²) in [6.07, 6.45) is 2.13. The molecule has 0 aliphatic carbocycles. The second-order valence-corrected chi connectivity index (χ2v) is 6.57. The van der Waals surface area contributed by atoms with Crippen LogP contribution in [0.15, 0.2) is 24.4 Å². The number of urea groups is 1. The fraction of sp³-hybridized carbons (Fsp3) is 0.389. The molecule has 7 nitrogen and oxygen atoms in total. The number of aromatic amines is 1. The van der Waals surface area contributed by atoms with Crippen LogP contribution in [-0.4, -0.2) is 28.1 Å². The summed E-state index contributed by atoms with van der Waals surface area (Å²) in [5.41, 5.74) is 1.56. The van der Waals surface area contributed by atoms with Crippen molar-refractivity contribution in [2.45, 2.75) is 46.3 Å². The topological polar surface area (TPSA) is 96.1 Å². The minimum absolute atomic E-state index is 0.236. The first-order valence-electron chi connectivity index (χ1n) is 8.39. The predicted molar refractivity (Wildman–Crippen MR) is 101 cm³/mol. The third-order valence-electron chi connectivity index (χ3n) is 3.56. The molecule has 2 amide bonds. The first-order chi connectivity index (χ1) is 12.3. The quantitative estimate of drug-likeness (QED) is 0.656. The van der Waals surface area contributed by atoms with Crippen LogP contribution in [0.25, 0.3) is 0 Å². The molecule has 1 heterocycles. The molecule has 0 fully saturated rings. The van der Waals surface area contributed by atoms with Gasteiger partial charge in [-0.2, -0.15) is 0 Å². The monoisotopic (exact) mass is 378 g/mol. The maximum absolute atomic E-state index is 12.3. The molecule has 0 spiro atoms. The SMILES string of the molecule is CCC(NC(=O)Nc1cc(C(=O)OC(C)C)ccc1Cl)c1ncc(C)[nH]1. The highest BCUT2D eigenvalue weighted by molar-refractivity contribution is 6.33. The van der Waals surface area contributed by atoms with Crippen molar-refractivity contribution >= 4 is 29.3 Å². The maximum atomic E-state index is 12.3. The van der Waals surface area contributed by atoms with Crippen molar-refractivity contribution in [3.05, 3.63) is 46.5 Å². The molecule has 0 aliphatic heterocycles. The molecule has 3 N–H and O–H groups in total. The molecule has 0 bridgehead atoms. The molecule has 140 valence electrons. The highest BCUT2D eigenvalue weighted by Gasteiger charge is 2.17. The summed E-state index contributed by atoms with van der Waals surface area (Å²) in [5.74, 6) is 0.207. The van der Waals surface area contributed by atoms with Crippen molar-refractivity contribution in [1.82, 2.24) is 15.3 Å². The Balaban J connectivity index is 2.09. The van der Waals surface area contributed by atoms with E-state index in [4.69, 9.17) is 16.3 Å². The van der Waals surface area contributed by atoms with Gasteiger partial charge in [0.25, 0.3) is 0 Å². The summed E-state index contributed by atoms with van der Waals surface area (Å²) in [6, 6.07) is 3.88. The third kappa shape index (κ3) is 5.23. The second kappa shape index (κ2) is 8.71. The number of rotatable bonds is 6. The number of anilines is 1. The maximum Gasteiger partial charge on any atom is 0.338 e. The van der Waals surface area contributed by atoms with Crippen molar-refractivity contribution in [3.8, 4) is 0 Å². The van der Waals surface area contributed by atoms with E-state index in [9.17, 15) is 9.59 Å². The highest BCUT2D eigenvalue weighted by atomic mass is 35.5. The minimum atomic E-state index is -0.474. The van der Waals surface area contributed by atoms with Crippen LogP contribution >= 0.6 is 11.6 Å². The Morgan fingerprint density at radius 3 is 2.65 bits per heavy atom. The van der Waals surface area contributed by atoms with Crippen molar-refractivity contribution in [2.24, 2.45) is 0 Å². The number of carbonyl (C=O) groups excluding carboxylic acids is 2. The summed E-state index contributed by atoms with van der Waals surface area (Å²) in [6.45, 7) is 7.37. The van der Waals surface area contributed by atoms with E-state index in [1.165, 1.54) is 6.07 Å². The van der Waals surface area contributed by atoms with Crippen LogP contribution in [0.5, 0.6) is 0 Å². The lowest BCUT2D eigenvalue weighted by Crippen LogP contribution is -2.33. The number of benzene rings is 1. The van der Waals surface area contributed by atoms with Crippen LogP contribution in [0.1, 0.15) is 55.1 Å². The van der Waals surface area contributed by atoms with E-state index in [0.717, 1.165) is 5.69 Å². The van der Waals surface area contributed by atoms with Gasteiger partial charge in [0.05, 0.1) is 28.4 Å². The minimum Gasteiger partial charge on any atom is -0.459 e. The van der Waals surface area contributed by atoms with E-state index in [1.807, 2.05) is 13.8 Å². The molecule has 2 aromatic rings. The van der Waals surface area contributed by atoms with Gasteiger partial charge < -0.3 is 20.4 Å². The first-order valence-corrected chi connectivity index (χ1v) is 8.77. The molecule has 1 aromatic carbocycles. The van der Waals surface area contributed by atoms with Crippen LogP contribution in [-0.2, 0) is 4.74 Å². The Labute approximate surface area is 157 Å². The normalized spacial score (nSPS) is 11.9. The van der Waals surface area contributed by atoms with Crippen LogP contribution in [0.2, 0.25) is 5.02 Å². The van der Waals surface area contributed by atoms with Crippen LogP contribution in [0.3, 0.4) is 0 Å². The van der Waals surface area contributed by atoms with Crippen molar-refractivity contribution in [3.63, 3.8) is 0 Å². The lowest BCUT2D eigenvalue weighted by Gasteiger charge is -2.16. The Morgan fingerprint density at radius 2 is 2.08 bits per heavy atom. The van der Waals surface area contributed by atoms with Gasteiger partial charge in [0.15, 0.2) is 0 Å². The standard InChI is InChI=1S/C18H23ClN4O3/c1-5-14(16-20-9-11(4)21-16)22-18(25)23-15-8-12(6-7-13(15)19)17(24)26-10(2)3/h6-10,14H,5H2,1-4H3,(H,20,21)(H2,22,23,25). The van der Waals surface area contributed by atoms with Crippen molar-refractivity contribution in [2.75, 3.05) is 5.32 Å². The molecule has 0 saturated heterocycles. The molecule has 0 saturated carbocycles. The number of H-pyrrole nitrogens is 1. The van der Waals surface area contributed by atoms with Gasteiger partial charge in [-0.15, -0.1) is 0 Å². The lowest BCUT2D eigenvalue weighted by atomic mass is 10.2. The number of nitrogens with zero attached hydrogens (tertiary/aromatic N) is 1. The zero-order valence-corrected chi connectivity index (χ0v) is 16.0. The van der Waals surface area contributed by atoms with E-state index in [-0.39, 0.29) is 12.1 Å². The number of esters is 1. The summed E-state index contributed by atoms with van der Waals surface area (Å²) >= 11 is 6.13. The summed E-state index contributed by atoms with van der Waals surface area (Å²) in [7, 11) is 0. The van der Waals surface area contributed by atoms with Gasteiger partial charge in [-0.1, -0.05) is 18.5 Å². The smallest absolute Gasteiger partial charge is 0.338 e. The average molecular weight is 379 g/mol. The van der Waals surface area contributed by atoms with Crippen molar-refractivity contribution < 1.29 is 14.3 Å². The number of hydrogen-bond donors (Lipinski definition) is 3. The number of aryl methyl sites for hydroxylation is 1. The molecule has 1 aromatic heterocycles. The number of amides is 2. The van der Waals surface area contributed by atoms with Gasteiger partial charge in [0, 0.05) is 11.9 Å². The van der Waals surface area contributed by atoms with Gasteiger partial charge in [-0.25, -0.2) is 14.6 Å². The Hall–Kier alpha value is -2.54. The molecule has 0 radical (unpaired) electrons. The molecule has 8 heteroatoms. The third-order valence-corrected chi connectivity index (χ3v) is 3.89. The Kier molecular flexibility index (Phi) is 6.63. The van der Waals surface area contributed by atoms with Crippen LogP contribution in [0, 0.1) is 6.92 Å². The zero-order valence-electron chi connectivity index (χ0n) is 15.2. The van der Waals surface area contributed by atoms with Crippen LogP contribution < -0.4 is 10.6 Å².